The van der Waals surface area contributed by atoms with Gasteiger partial charge in [0.1, 0.15) is 0 Å². The Bertz CT molecular complexity index is 1010. The topological polar surface area (TPSA) is 61.6 Å². The Morgan fingerprint density at radius 2 is 1.83 bits per heavy atom. The number of nitrogens with zero attached hydrogens (tertiary/aromatic N) is 3. The molecule has 0 atom stereocenters. The summed E-state index contributed by atoms with van der Waals surface area (Å²) < 4.78 is 5.31. The van der Waals surface area contributed by atoms with E-state index in [4.69, 9.17) is 16.1 Å². The molecule has 6 nitrogen and oxygen atoms in total. The number of aromatic nitrogens is 1. The molecule has 1 aliphatic heterocycles. The molecule has 1 amide bonds. The summed E-state index contributed by atoms with van der Waals surface area (Å²) in [5.74, 6) is 0.244. The molecule has 0 bridgehead atoms. The molecular weight excluding hydrogens is 400 g/mol. The van der Waals surface area contributed by atoms with Crippen molar-refractivity contribution >= 4 is 17.5 Å². The number of hydrogen-bond acceptors (Lipinski definition) is 5. The first-order chi connectivity index (χ1) is 14.6. The molecule has 156 valence electrons. The summed E-state index contributed by atoms with van der Waals surface area (Å²) in [6, 6.07) is 17.2. The zero-order valence-corrected chi connectivity index (χ0v) is 17.7. The van der Waals surface area contributed by atoms with Gasteiger partial charge in [0.05, 0.1) is 0 Å². The molecule has 0 unspecified atom stereocenters. The third-order valence-corrected chi connectivity index (χ3v) is 5.53. The van der Waals surface area contributed by atoms with Gasteiger partial charge >= 0.3 is 0 Å². The molecule has 1 fully saturated rings. The van der Waals surface area contributed by atoms with Crippen LogP contribution < -0.4 is 5.32 Å². The number of hydrogen-bond donors (Lipinski definition) is 1. The van der Waals surface area contributed by atoms with Crippen LogP contribution in [0.15, 0.2) is 59.1 Å². The number of likely N-dealkylation sites (N-methyl/N-ethyl adjacent to an activating group) is 1. The van der Waals surface area contributed by atoms with Crippen LogP contribution in [0.3, 0.4) is 0 Å². The number of piperazine rings is 1. The first-order valence-corrected chi connectivity index (χ1v) is 10.4. The van der Waals surface area contributed by atoms with E-state index in [1.807, 2.05) is 24.3 Å². The van der Waals surface area contributed by atoms with Gasteiger partial charge in [-0.15, -0.1) is 0 Å². The van der Waals surface area contributed by atoms with Crippen LogP contribution >= 0.6 is 11.6 Å². The minimum Gasteiger partial charge on any atom is -0.355 e. The van der Waals surface area contributed by atoms with Crippen LogP contribution in [-0.4, -0.2) is 54.1 Å². The highest BCUT2D eigenvalue weighted by molar-refractivity contribution is 6.30. The van der Waals surface area contributed by atoms with Crippen LogP contribution in [0.5, 0.6) is 0 Å². The Hall–Kier alpha value is -2.67. The molecule has 2 aromatic carbocycles. The molecule has 4 rings (SSSR count). The number of amides is 1. The Balaban J connectivity index is 1.34. The Labute approximate surface area is 181 Å². The fourth-order valence-electron chi connectivity index (χ4n) is 3.54. The number of benzene rings is 2. The number of rotatable bonds is 6. The number of carbonyl (C=O) groups excluding carboxylic acids is 1. The average molecular weight is 425 g/mol. The van der Waals surface area contributed by atoms with Gasteiger partial charge < -0.3 is 14.7 Å². The Kier molecular flexibility index (Phi) is 6.47. The largest absolute Gasteiger partial charge is 0.355 e. The van der Waals surface area contributed by atoms with Crippen LogP contribution in [0.1, 0.15) is 21.6 Å². The lowest BCUT2D eigenvalue weighted by Gasteiger charge is -2.32. The molecule has 1 aromatic heterocycles. The zero-order chi connectivity index (χ0) is 20.9. The smallest absolute Gasteiger partial charge is 0.273 e. The van der Waals surface area contributed by atoms with Crippen molar-refractivity contribution in [3.8, 4) is 11.3 Å². The molecule has 1 N–H and O–H groups in total. The second-order valence-electron chi connectivity index (χ2n) is 7.67. The zero-order valence-electron chi connectivity index (χ0n) is 17.0. The van der Waals surface area contributed by atoms with E-state index >= 15 is 0 Å². The van der Waals surface area contributed by atoms with E-state index < -0.39 is 0 Å². The van der Waals surface area contributed by atoms with Crippen molar-refractivity contribution in [3.63, 3.8) is 0 Å². The summed E-state index contributed by atoms with van der Waals surface area (Å²) in [5.41, 5.74) is 3.36. The van der Waals surface area contributed by atoms with Gasteiger partial charge in [-0.3, -0.25) is 9.69 Å². The fourth-order valence-corrected chi connectivity index (χ4v) is 3.73. The summed E-state index contributed by atoms with van der Waals surface area (Å²) in [5, 5.41) is 7.42. The van der Waals surface area contributed by atoms with Crippen molar-refractivity contribution in [1.82, 2.24) is 20.3 Å². The number of nitrogens with one attached hydrogen (secondary N) is 1. The van der Waals surface area contributed by atoms with Gasteiger partial charge in [-0.25, -0.2) is 0 Å². The summed E-state index contributed by atoms with van der Waals surface area (Å²) in [7, 11) is 2.16. The highest BCUT2D eigenvalue weighted by Crippen LogP contribution is 2.23. The van der Waals surface area contributed by atoms with Crippen molar-refractivity contribution in [2.75, 3.05) is 33.2 Å². The normalized spacial score (nSPS) is 15.3. The summed E-state index contributed by atoms with van der Waals surface area (Å²) in [6.07, 6.45) is 0. The highest BCUT2D eigenvalue weighted by Gasteiger charge is 2.15. The molecule has 3 aromatic rings. The van der Waals surface area contributed by atoms with Crippen molar-refractivity contribution in [3.05, 3.63) is 76.4 Å². The van der Waals surface area contributed by atoms with Crippen LogP contribution in [0.25, 0.3) is 11.3 Å². The van der Waals surface area contributed by atoms with Crippen LogP contribution in [0.2, 0.25) is 5.02 Å². The lowest BCUT2D eigenvalue weighted by molar-refractivity contribution is 0.0942. The molecule has 1 aliphatic rings. The Morgan fingerprint density at radius 3 is 2.63 bits per heavy atom. The highest BCUT2D eigenvalue weighted by atomic mass is 35.5. The van der Waals surface area contributed by atoms with Crippen molar-refractivity contribution in [1.29, 1.82) is 0 Å². The third kappa shape index (κ3) is 5.27. The molecule has 2 heterocycles. The number of halogens is 1. The monoisotopic (exact) mass is 424 g/mol. The first kappa shape index (κ1) is 20.6. The minimum atomic E-state index is -0.267. The van der Waals surface area contributed by atoms with E-state index in [2.05, 4.69) is 39.5 Å². The van der Waals surface area contributed by atoms with E-state index in [1.165, 1.54) is 5.56 Å². The third-order valence-electron chi connectivity index (χ3n) is 5.30. The van der Waals surface area contributed by atoms with Gasteiger partial charge in [0.25, 0.3) is 5.91 Å². The van der Waals surface area contributed by atoms with Gasteiger partial charge in [-0.1, -0.05) is 53.2 Å². The van der Waals surface area contributed by atoms with Crippen molar-refractivity contribution < 1.29 is 9.32 Å². The molecular formula is C23H25ClN4O2. The molecule has 0 aliphatic carbocycles. The fraction of sp³-hybridized carbons (Fsp3) is 0.304. The second kappa shape index (κ2) is 9.43. The van der Waals surface area contributed by atoms with Crippen LogP contribution in [0.4, 0.5) is 0 Å². The van der Waals surface area contributed by atoms with Gasteiger partial charge in [-0.2, -0.15) is 0 Å². The predicted molar refractivity (Wildman–Crippen MR) is 117 cm³/mol. The maximum atomic E-state index is 12.5. The molecule has 0 saturated carbocycles. The predicted octanol–water partition coefficient (Wildman–Crippen LogP) is 3.67. The second-order valence-corrected chi connectivity index (χ2v) is 8.11. The van der Waals surface area contributed by atoms with Crippen molar-refractivity contribution in [2.24, 2.45) is 0 Å². The summed E-state index contributed by atoms with van der Waals surface area (Å²) in [6.45, 7) is 5.74. The first-order valence-electron chi connectivity index (χ1n) is 10.1. The quantitative estimate of drug-likeness (QED) is 0.654. The maximum absolute atomic E-state index is 12.5. The van der Waals surface area contributed by atoms with E-state index in [-0.39, 0.29) is 11.6 Å². The standard InChI is InChI=1S/C23H25ClN4O2/c1-27-8-10-28(11-9-27)16-18-5-2-4-17(12-18)15-25-23(29)21-14-22(30-26-21)19-6-3-7-20(24)13-19/h2-7,12-14H,8-11,15-16H2,1H3,(H,25,29). The Morgan fingerprint density at radius 1 is 1.07 bits per heavy atom. The number of carbonyl (C=O) groups is 1. The van der Waals surface area contributed by atoms with Crippen LogP contribution in [0, 0.1) is 0 Å². The average Bonchev–Trinajstić information content (AvgIpc) is 3.25. The maximum Gasteiger partial charge on any atom is 0.273 e. The molecule has 7 heteroatoms. The van der Waals surface area contributed by atoms with Gasteiger partial charge in [0.15, 0.2) is 11.5 Å². The van der Waals surface area contributed by atoms with E-state index in [0.717, 1.165) is 43.9 Å². The van der Waals surface area contributed by atoms with E-state index in [1.54, 1.807) is 18.2 Å². The van der Waals surface area contributed by atoms with Gasteiger partial charge in [0.2, 0.25) is 0 Å². The molecule has 30 heavy (non-hydrogen) atoms. The van der Waals surface area contributed by atoms with Gasteiger partial charge in [0, 0.05) is 55.9 Å². The van der Waals surface area contributed by atoms with Crippen LogP contribution in [-0.2, 0) is 13.1 Å². The lowest BCUT2D eigenvalue weighted by Crippen LogP contribution is -2.43. The molecule has 0 spiro atoms. The van der Waals surface area contributed by atoms with E-state index in [9.17, 15) is 4.79 Å². The minimum absolute atomic E-state index is 0.249. The SMILES string of the molecule is CN1CCN(Cc2cccc(CNC(=O)c3cc(-c4cccc(Cl)c4)on3)c2)CC1. The lowest BCUT2D eigenvalue weighted by atomic mass is 10.1. The van der Waals surface area contributed by atoms with Crippen molar-refractivity contribution in [2.45, 2.75) is 13.1 Å². The van der Waals surface area contributed by atoms with E-state index in [0.29, 0.717) is 17.3 Å². The van der Waals surface area contributed by atoms with Gasteiger partial charge in [-0.05, 0) is 30.3 Å². The molecule has 1 saturated heterocycles. The molecule has 0 radical (unpaired) electrons. The summed E-state index contributed by atoms with van der Waals surface area (Å²) in [4.78, 5) is 17.3. The summed E-state index contributed by atoms with van der Waals surface area (Å²) >= 11 is 6.02.